The summed E-state index contributed by atoms with van der Waals surface area (Å²) in [5.74, 6) is 0.908. The van der Waals surface area contributed by atoms with Crippen LogP contribution in [0.5, 0.6) is 5.75 Å². The Labute approximate surface area is 114 Å². The number of anilines is 1. The SMILES string of the molecule is CC1CN(C(=O)C(C)C)c2cc(CCN)ccc2O1. The predicted molar refractivity (Wildman–Crippen MR) is 76.5 cm³/mol. The first-order chi connectivity index (χ1) is 9.02. The van der Waals surface area contributed by atoms with Gasteiger partial charge in [0.15, 0.2) is 0 Å². The summed E-state index contributed by atoms with van der Waals surface area (Å²) in [5, 5.41) is 0. The molecule has 0 bridgehead atoms. The molecule has 1 heterocycles. The first kappa shape index (κ1) is 13.9. The minimum Gasteiger partial charge on any atom is -0.487 e. The topological polar surface area (TPSA) is 55.6 Å². The molecule has 0 aromatic heterocycles. The van der Waals surface area contributed by atoms with E-state index in [0.717, 1.165) is 23.4 Å². The number of carbonyl (C=O) groups is 1. The lowest BCUT2D eigenvalue weighted by molar-refractivity contribution is -0.121. The van der Waals surface area contributed by atoms with Crippen LogP contribution in [0.4, 0.5) is 5.69 Å². The molecular formula is C15H22N2O2. The highest BCUT2D eigenvalue weighted by Crippen LogP contribution is 2.35. The summed E-state index contributed by atoms with van der Waals surface area (Å²) in [4.78, 5) is 14.2. The van der Waals surface area contributed by atoms with Crippen LogP contribution in [0.1, 0.15) is 26.3 Å². The number of carbonyl (C=O) groups excluding carboxylic acids is 1. The molecule has 19 heavy (non-hydrogen) atoms. The lowest BCUT2D eigenvalue weighted by atomic mass is 10.1. The van der Waals surface area contributed by atoms with E-state index in [2.05, 4.69) is 0 Å². The molecule has 0 radical (unpaired) electrons. The molecule has 0 aliphatic carbocycles. The van der Waals surface area contributed by atoms with Crippen LogP contribution in [0.15, 0.2) is 18.2 Å². The number of hydrogen-bond acceptors (Lipinski definition) is 3. The molecule has 2 N–H and O–H groups in total. The van der Waals surface area contributed by atoms with Crippen LogP contribution in [0.25, 0.3) is 0 Å². The molecule has 4 nitrogen and oxygen atoms in total. The van der Waals surface area contributed by atoms with E-state index in [-0.39, 0.29) is 17.9 Å². The molecule has 1 atom stereocenters. The predicted octanol–water partition coefficient (Wildman–Crippen LogP) is 1.96. The normalized spacial score (nSPS) is 18.2. The largest absolute Gasteiger partial charge is 0.487 e. The Morgan fingerprint density at radius 1 is 1.53 bits per heavy atom. The standard InChI is InChI=1S/C15H22N2O2/c1-10(2)15(18)17-9-11(3)19-14-5-4-12(6-7-16)8-13(14)17/h4-5,8,10-11H,6-7,9,16H2,1-3H3. The third-order valence-electron chi connectivity index (χ3n) is 3.27. The van der Waals surface area contributed by atoms with Crippen LogP contribution in [0.2, 0.25) is 0 Å². The number of amides is 1. The minimum absolute atomic E-state index is 0.0173. The summed E-state index contributed by atoms with van der Waals surface area (Å²) in [5.41, 5.74) is 7.61. The van der Waals surface area contributed by atoms with Crippen LogP contribution >= 0.6 is 0 Å². The maximum atomic E-state index is 12.3. The van der Waals surface area contributed by atoms with E-state index < -0.39 is 0 Å². The van der Waals surface area contributed by atoms with Crippen molar-refractivity contribution in [2.45, 2.75) is 33.3 Å². The van der Waals surface area contributed by atoms with E-state index in [1.165, 1.54) is 0 Å². The molecule has 1 aliphatic rings. The number of rotatable bonds is 3. The van der Waals surface area contributed by atoms with Gasteiger partial charge in [-0.25, -0.2) is 0 Å². The second-order valence-electron chi connectivity index (χ2n) is 5.37. The highest BCUT2D eigenvalue weighted by atomic mass is 16.5. The van der Waals surface area contributed by atoms with Gasteiger partial charge in [0.25, 0.3) is 0 Å². The number of fused-ring (bicyclic) bond motifs is 1. The number of hydrogen-bond donors (Lipinski definition) is 1. The van der Waals surface area contributed by atoms with Gasteiger partial charge in [0.2, 0.25) is 5.91 Å². The Morgan fingerprint density at radius 3 is 2.89 bits per heavy atom. The average Bonchev–Trinajstić information content (AvgIpc) is 2.37. The van der Waals surface area contributed by atoms with Gasteiger partial charge in [0.1, 0.15) is 11.9 Å². The van der Waals surface area contributed by atoms with Gasteiger partial charge in [-0.15, -0.1) is 0 Å². The molecule has 0 saturated heterocycles. The number of nitrogens with two attached hydrogens (primary N) is 1. The summed E-state index contributed by atoms with van der Waals surface area (Å²) in [6, 6.07) is 5.98. The summed E-state index contributed by atoms with van der Waals surface area (Å²) in [6.07, 6.45) is 0.836. The number of ether oxygens (including phenoxy) is 1. The van der Waals surface area contributed by atoms with Gasteiger partial charge in [-0.05, 0) is 37.6 Å². The van der Waals surface area contributed by atoms with Crippen molar-refractivity contribution in [2.75, 3.05) is 18.0 Å². The molecule has 1 aromatic carbocycles. The van der Waals surface area contributed by atoms with E-state index in [1.807, 2.05) is 43.9 Å². The van der Waals surface area contributed by atoms with Crippen LogP contribution in [-0.2, 0) is 11.2 Å². The molecule has 0 spiro atoms. The van der Waals surface area contributed by atoms with Gasteiger partial charge in [-0.1, -0.05) is 19.9 Å². The third kappa shape index (κ3) is 2.89. The quantitative estimate of drug-likeness (QED) is 0.906. The Morgan fingerprint density at radius 2 is 2.26 bits per heavy atom. The van der Waals surface area contributed by atoms with Crippen molar-refractivity contribution < 1.29 is 9.53 Å². The number of nitrogens with zero attached hydrogens (tertiary/aromatic N) is 1. The second-order valence-corrected chi connectivity index (χ2v) is 5.37. The van der Waals surface area contributed by atoms with Crippen molar-refractivity contribution >= 4 is 11.6 Å². The second kappa shape index (κ2) is 5.61. The Bertz CT molecular complexity index is 471. The van der Waals surface area contributed by atoms with Gasteiger partial charge in [-0.3, -0.25) is 4.79 Å². The first-order valence-corrected chi connectivity index (χ1v) is 6.84. The average molecular weight is 262 g/mol. The first-order valence-electron chi connectivity index (χ1n) is 6.84. The smallest absolute Gasteiger partial charge is 0.229 e. The molecule has 2 rings (SSSR count). The van der Waals surface area contributed by atoms with Crippen molar-refractivity contribution in [3.05, 3.63) is 23.8 Å². The fraction of sp³-hybridized carbons (Fsp3) is 0.533. The third-order valence-corrected chi connectivity index (χ3v) is 3.27. The molecule has 1 aromatic rings. The molecule has 0 fully saturated rings. The lowest BCUT2D eigenvalue weighted by Crippen LogP contribution is -2.44. The summed E-state index contributed by atoms with van der Waals surface area (Å²) >= 11 is 0. The van der Waals surface area contributed by atoms with E-state index in [1.54, 1.807) is 0 Å². The highest BCUT2D eigenvalue weighted by molar-refractivity contribution is 5.96. The summed E-state index contributed by atoms with van der Waals surface area (Å²) < 4.78 is 5.80. The molecule has 4 heteroatoms. The van der Waals surface area contributed by atoms with E-state index in [0.29, 0.717) is 13.1 Å². The Kier molecular flexibility index (Phi) is 4.10. The molecule has 1 aliphatic heterocycles. The minimum atomic E-state index is -0.0173. The zero-order valence-electron chi connectivity index (χ0n) is 11.8. The van der Waals surface area contributed by atoms with E-state index in [4.69, 9.17) is 10.5 Å². The fourth-order valence-corrected chi connectivity index (χ4v) is 2.33. The van der Waals surface area contributed by atoms with Crippen LogP contribution in [0.3, 0.4) is 0 Å². The van der Waals surface area contributed by atoms with E-state index >= 15 is 0 Å². The van der Waals surface area contributed by atoms with Crippen molar-refractivity contribution in [3.63, 3.8) is 0 Å². The molecule has 104 valence electrons. The zero-order valence-corrected chi connectivity index (χ0v) is 11.8. The fourth-order valence-electron chi connectivity index (χ4n) is 2.33. The van der Waals surface area contributed by atoms with Crippen molar-refractivity contribution in [3.8, 4) is 5.75 Å². The van der Waals surface area contributed by atoms with Crippen LogP contribution in [-0.4, -0.2) is 25.1 Å². The van der Waals surface area contributed by atoms with Crippen LogP contribution in [0, 0.1) is 5.92 Å². The van der Waals surface area contributed by atoms with Gasteiger partial charge in [0.05, 0.1) is 12.2 Å². The lowest BCUT2D eigenvalue weighted by Gasteiger charge is -2.34. The molecule has 0 saturated carbocycles. The molecule has 1 amide bonds. The number of benzene rings is 1. The zero-order chi connectivity index (χ0) is 14.0. The monoisotopic (exact) mass is 262 g/mol. The van der Waals surface area contributed by atoms with Gasteiger partial charge >= 0.3 is 0 Å². The van der Waals surface area contributed by atoms with Gasteiger partial charge in [-0.2, -0.15) is 0 Å². The van der Waals surface area contributed by atoms with Crippen molar-refractivity contribution in [2.24, 2.45) is 11.7 Å². The Hall–Kier alpha value is -1.55. The van der Waals surface area contributed by atoms with Crippen LogP contribution < -0.4 is 15.4 Å². The molecular weight excluding hydrogens is 240 g/mol. The van der Waals surface area contributed by atoms with E-state index in [9.17, 15) is 4.79 Å². The summed E-state index contributed by atoms with van der Waals surface area (Å²) in [7, 11) is 0. The van der Waals surface area contributed by atoms with Gasteiger partial charge < -0.3 is 15.4 Å². The molecule has 1 unspecified atom stereocenters. The Balaban J connectivity index is 2.38. The maximum Gasteiger partial charge on any atom is 0.229 e. The summed E-state index contributed by atoms with van der Waals surface area (Å²) in [6.45, 7) is 7.04. The highest BCUT2D eigenvalue weighted by Gasteiger charge is 2.28. The maximum absolute atomic E-state index is 12.3. The van der Waals surface area contributed by atoms with Crippen molar-refractivity contribution in [1.82, 2.24) is 0 Å². The van der Waals surface area contributed by atoms with Gasteiger partial charge in [0, 0.05) is 5.92 Å². The van der Waals surface area contributed by atoms with Crippen molar-refractivity contribution in [1.29, 1.82) is 0 Å².